The minimum absolute atomic E-state index is 0.811. The number of nitrogens with zero attached hydrogens (tertiary/aromatic N) is 3. The van der Waals surface area contributed by atoms with E-state index in [2.05, 4.69) is 21.3 Å². The smallest absolute Gasteiger partial charge is 0.191 e. The summed E-state index contributed by atoms with van der Waals surface area (Å²) in [4.78, 5) is 0. The average molecular weight is 251 g/mol. The molecule has 0 atom stereocenters. The summed E-state index contributed by atoms with van der Waals surface area (Å²) in [6.07, 6.45) is 8.92. The molecule has 0 bridgehead atoms. The predicted molar refractivity (Wildman–Crippen MR) is 72.3 cm³/mol. The highest BCUT2D eigenvalue weighted by atomic mass is 32.2. The summed E-state index contributed by atoms with van der Waals surface area (Å²) in [5, 5.41) is 9.44. The Bertz CT molecular complexity index is 367. The lowest BCUT2D eigenvalue weighted by Gasteiger charge is -2.20. The first-order valence-electron chi connectivity index (χ1n) is 6.44. The molecule has 1 aliphatic carbocycles. The maximum absolute atomic E-state index is 4.25. The monoisotopic (exact) mass is 251 g/mol. The van der Waals surface area contributed by atoms with Gasteiger partial charge in [0.15, 0.2) is 5.16 Å². The van der Waals surface area contributed by atoms with E-state index in [9.17, 15) is 0 Å². The Morgan fingerprint density at radius 2 is 2.12 bits per heavy atom. The molecule has 1 aliphatic rings. The van der Waals surface area contributed by atoms with Crippen LogP contribution in [0.4, 0.5) is 0 Å². The summed E-state index contributed by atoms with van der Waals surface area (Å²) in [5.74, 6) is 3.05. The van der Waals surface area contributed by atoms with E-state index in [0.717, 1.165) is 23.4 Å². The van der Waals surface area contributed by atoms with Crippen molar-refractivity contribution in [3.05, 3.63) is 18.5 Å². The van der Waals surface area contributed by atoms with Crippen LogP contribution in [0.1, 0.15) is 37.9 Å². The van der Waals surface area contributed by atoms with Gasteiger partial charge in [0.25, 0.3) is 0 Å². The van der Waals surface area contributed by atoms with Gasteiger partial charge in [0.05, 0.1) is 0 Å². The molecule has 2 rings (SSSR count). The van der Waals surface area contributed by atoms with Crippen LogP contribution in [0.15, 0.2) is 17.8 Å². The maximum atomic E-state index is 4.25. The number of aromatic nitrogens is 3. The minimum Gasteiger partial charge on any atom is -0.302 e. The summed E-state index contributed by atoms with van der Waals surface area (Å²) < 4.78 is 2.14. The number of hydrogen-bond acceptors (Lipinski definition) is 3. The zero-order valence-electron chi connectivity index (χ0n) is 10.6. The van der Waals surface area contributed by atoms with E-state index in [-0.39, 0.29) is 0 Å². The van der Waals surface area contributed by atoms with E-state index in [1.54, 1.807) is 0 Å². The maximum Gasteiger partial charge on any atom is 0.191 e. The van der Waals surface area contributed by atoms with Crippen molar-refractivity contribution >= 4 is 11.8 Å². The van der Waals surface area contributed by atoms with Crippen molar-refractivity contribution in [2.45, 2.75) is 50.7 Å². The minimum atomic E-state index is 0.811. The topological polar surface area (TPSA) is 30.7 Å². The second kappa shape index (κ2) is 6.24. The summed E-state index contributed by atoms with van der Waals surface area (Å²) >= 11 is 1.86. The lowest BCUT2D eigenvalue weighted by molar-refractivity contribution is 0.390. The van der Waals surface area contributed by atoms with Crippen LogP contribution in [0.25, 0.3) is 0 Å². The Morgan fingerprint density at radius 1 is 1.35 bits per heavy atom. The largest absolute Gasteiger partial charge is 0.302 e. The summed E-state index contributed by atoms with van der Waals surface area (Å²) in [5.41, 5.74) is 0. The van der Waals surface area contributed by atoms with Gasteiger partial charge in [-0.15, -0.1) is 16.8 Å². The van der Waals surface area contributed by atoms with E-state index in [1.165, 1.54) is 37.9 Å². The van der Waals surface area contributed by atoms with Crippen LogP contribution in [0, 0.1) is 12.8 Å². The summed E-state index contributed by atoms with van der Waals surface area (Å²) in [6.45, 7) is 6.59. The molecule has 0 saturated heterocycles. The third-order valence-electron chi connectivity index (χ3n) is 3.39. The lowest BCUT2D eigenvalue weighted by Crippen LogP contribution is -2.09. The molecule has 1 fully saturated rings. The molecule has 0 aliphatic heterocycles. The van der Waals surface area contributed by atoms with Crippen LogP contribution in [-0.2, 0) is 6.54 Å². The van der Waals surface area contributed by atoms with Gasteiger partial charge in [-0.25, -0.2) is 0 Å². The van der Waals surface area contributed by atoms with Crippen LogP contribution < -0.4 is 0 Å². The van der Waals surface area contributed by atoms with Gasteiger partial charge in [-0.2, -0.15) is 0 Å². The molecular formula is C13H21N3S. The molecule has 3 nitrogen and oxygen atoms in total. The van der Waals surface area contributed by atoms with Gasteiger partial charge in [0.2, 0.25) is 0 Å². The second-order valence-electron chi connectivity index (χ2n) is 4.74. The summed E-state index contributed by atoms with van der Waals surface area (Å²) in [6, 6.07) is 0. The quantitative estimate of drug-likeness (QED) is 0.593. The number of rotatable bonds is 5. The lowest BCUT2D eigenvalue weighted by atomic mass is 9.91. The normalized spacial score (nSPS) is 17.2. The molecular weight excluding hydrogens is 230 g/mol. The zero-order valence-corrected chi connectivity index (χ0v) is 11.4. The van der Waals surface area contributed by atoms with Gasteiger partial charge >= 0.3 is 0 Å². The van der Waals surface area contributed by atoms with Crippen LogP contribution in [0.5, 0.6) is 0 Å². The molecule has 1 aromatic heterocycles. The number of thioether (sulfide) groups is 1. The van der Waals surface area contributed by atoms with Gasteiger partial charge in [0.1, 0.15) is 5.82 Å². The van der Waals surface area contributed by atoms with Gasteiger partial charge in [-0.1, -0.05) is 37.1 Å². The van der Waals surface area contributed by atoms with E-state index in [1.807, 2.05) is 24.8 Å². The van der Waals surface area contributed by atoms with Gasteiger partial charge in [0, 0.05) is 12.3 Å². The third kappa shape index (κ3) is 3.35. The van der Waals surface area contributed by atoms with E-state index < -0.39 is 0 Å². The van der Waals surface area contributed by atoms with Crippen molar-refractivity contribution in [3.8, 4) is 0 Å². The zero-order chi connectivity index (χ0) is 12.1. The molecule has 94 valence electrons. The molecule has 0 unspecified atom stereocenters. The molecule has 1 aromatic rings. The third-order valence-corrected chi connectivity index (χ3v) is 4.58. The van der Waals surface area contributed by atoms with Crippen molar-refractivity contribution in [2.75, 3.05) is 5.75 Å². The number of aryl methyl sites for hydroxylation is 1. The van der Waals surface area contributed by atoms with Gasteiger partial charge in [-0.05, 0) is 25.7 Å². The highest BCUT2D eigenvalue weighted by Gasteiger charge is 2.15. The molecule has 0 aromatic carbocycles. The standard InChI is InChI=1S/C13H21N3S/c1-3-9-16-11(2)14-15-13(16)17-10-12-7-5-4-6-8-12/h3,12H,1,4-10H2,2H3. The fourth-order valence-electron chi connectivity index (χ4n) is 2.35. The predicted octanol–water partition coefficient (Wildman–Crippen LogP) is 3.44. The Balaban J connectivity index is 1.91. The Hall–Kier alpha value is -0.770. The Labute approximate surface area is 108 Å². The van der Waals surface area contributed by atoms with Crippen molar-refractivity contribution in [1.82, 2.24) is 14.8 Å². The van der Waals surface area contributed by atoms with E-state index in [4.69, 9.17) is 0 Å². The van der Waals surface area contributed by atoms with Crippen molar-refractivity contribution < 1.29 is 0 Å². The Morgan fingerprint density at radius 3 is 2.82 bits per heavy atom. The van der Waals surface area contributed by atoms with E-state index >= 15 is 0 Å². The molecule has 17 heavy (non-hydrogen) atoms. The molecule has 0 N–H and O–H groups in total. The van der Waals surface area contributed by atoms with Crippen molar-refractivity contribution in [2.24, 2.45) is 5.92 Å². The molecule has 0 spiro atoms. The highest BCUT2D eigenvalue weighted by molar-refractivity contribution is 7.99. The molecule has 0 radical (unpaired) electrons. The van der Waals surface area contributed by atoms with Crippen LogP contribution >= 0.6 is 11.8 Å². The molecule has 1 heterocycles. The average Bonchev–Trinajstić information content (AvgIpc) is 2.70. The second-order valence-corrected chi connectivity index (χ2v) is 5.73. The summed E-state index contributed by atoms with van der Waals surface area (Å²) in [7, 11) is 0. The molecule has 0 amide bonds. The van der Waals surface area contributed by atoms with Crippen molar-refractivity contribution in [1.29, 1.82) is 0 Å². The Kier molecular flexibility index (Phi) is 4.66. The molecule has 1 saturated carbocycles. The SMILES string of the molecule is C=CCn1c(C)nnc1SCC1CCCCC1. The van der Waals surface area contributed by atoms with Crippen LogP contribution in [0.2, 0.25) is 0 Å². The fourth-order valence-corrected chi connectivity index (χ4v) is 3.53. The first kappa shape index (κ1) is 12.7. The molecule has 4 heteroatoms. The van der Waals surface area contributed by atoms with Gasteiger partial charge in [-0.3, -0.25) is 0 Å². The first-order chi connectivity index (χ1) is 8.31. The van der Waals surface area contributed by atoms with Crippen LogP contribution in [0.3, 0.4) is 0 Å². The van der Waals surface area contributed by atoms with E-state index in [0.29, 0.717) is 0 Å². The fraction of sp³-hybridized carbons (Fsp3) is 0.692. The van der Waals surface area contributed by atoms with Crippen LogP contribution in [-0.4, -0.2) is 20.5 Å². The first-order valence-corrected chi connectivity index (χ1v) is 7.43. The number of hydrogen-bond donors (Lipinski definition) is 0. The highest BCUT2D eigenvalue weighted by Crippen LogP contribution is 2.29. The van der Waals surface area contributed by atoms with Crippen molar-refractivity contribution in [3.63, 3.8) is 0 Å². The number of allylic oxidation sites excluding steroid dienone is 1. The van der Waals surface area contributed by atoms with Gasteiger partial charge < -0.3 is 4.57 Å².